The summed E-state index contributed by atoms with van der Waals surface area (Å²) in [7, 11) is 0. The van der Waals surface area contributed by atoms with Crippen LogP contribution in [-0.4, -0.2) is 0 Å². The zero-order valence-corrected chi connectivity index (χ0v) is 24.6. The van der Waals surface area contributed by atoms with Gasteiger partial charge in [-0.25, -0.2) is 0 Å². The van der Waals surface area contributed by atoms with Crippen LogP contribution < -0.4 is 0 Å². The van der Waals surface area contributed by atoms with Crippen molar-refractivity contribution in [3.8, 4) is 56.0 Å². The van der Waals surface area contributed by atoms with Gasteiger partial charge < -0.3 is 4.42 Å². The van der Waals surface area contributed by atoms with E-state index < -0.39 is 0 Å². The van der Waals surface area contributed by atoms with Crippen molar-refractivity contribution in [2.24, 2.45) is 0 Å². The molecule has 0 spiro atoms. The number of rotatable bonds is 4. The number of hydrogen-bond acceptors (Lipinski definition) is 2. The van der Waals surface area contributed by atoms with Gasteiger partial charge in [-0.15, -0.1) is 0 Å². The van der Waals surface area contributed by atoms with Gasteiger partial charge in [0.25, 0.3) is 0 Å². The van der Waals surface area contributed by atoms with Gasteiger partial charge >= 0.3 is 0 Å². The second-order valence-corrected chi connectivity index (χ2v) is 12.3. The molecule has 206 valence electrons. The summed E-state index contributed by atoms with van der Waals surface area (Å²) >= 11 is 1.85. The van der Waals surface area contributed by atoms with Gasteiger partial charge in [0, 0.05) is 26.3 Å². The van der Waals surface area contributed by atoms with Crippen LogP contribution in [-0.2, 0) is 0 Å². The maximum Gasteiger partial charge on any atom is 0.135 e. The monoisotopic (exact) mass is 578 g/mol. The highest BCUT2D eigenvalue weighted by Crippen LogP contribution is 2.50. The van der Waals surface area contributed by atoms with E-state index in [1.165, 1.54) is 59.2 Å². The fraction of sp³-hybridized carbons (Fsp3) is 0. The van der Waals surface area contributed by atoms with Gasteiger partial charge in [0.05, 0.1) is 0 Å². The molecule has 0 saturated carbocycles. The van der Waals surface area contributed by atoms with Gasteiger partial charge in [-0.1, -0.05) is 133 Å². The zero-order chi connectivity index (χ0) is 29.0. The van der Waals surface area contributed by atoms with Crippen LogP contribution in [0.15, 0.2) is 172 Å². The summed E-state index contributed by atoms with van der Waals surface area (Å²) in [6.07, 6.45) is 0. The van der Waals surface area contributed by atoms with Gasteiger partial charge in [-0.05, 0) is 85.9 Å². The fourth-order valence-electron chi connectivity index (χ4n) is 6.68. The normalized spacial score (nSPS) is 12.0. The summed E-state index contributed by atoms with van der Waals surface area (Å²) in [5, 5.41) is 4.98. The molecule has 8 aromatic rings. The first-order valence-corrected chi connectivity index (χ1v) is 15.7. The van der Waals surface area contributed by atoms with Crippen LogP contribution in [0.2, 0.25) is 0 Å². The van der Waals surface area contributed by atoms with E-state index in [9.17, 15) is 0 Å². The average Bonchev–Trinajstić information content (AvgIpc) is 3.58. The predicted octanol–water partition coefficient (Wildman–Crippen LogP) is 12.4. The van der Waals surface area contributed by atoms with Gasteiger partial charge in [0.1, 0.15) is 11.5 Å². The smallest absolute Gasteiger partial charge is 0.135 e. The molecule has 1 nitrogen and oxygen atoms in total. The Kier molecular flexibility index (Phi) is 5.82. The van der Waals surface area contributed by atoms with Crippen molar-refractivity contribution in [1.29, 1.82) is 0 Å². The summed E-state index contributed by atoms with van der Waals surface area (Å²) in [6, 6.07) is 56.5. The molecule has 0 bridgehead atoms. The van der Waals surface area contributed by atoms with Crippen molar-refractivity contribution in [3.05, 3.63) is 158 Å². The van der Waals surface area contributed by atoms with E-state index in [-0.39, 0.29) is 0 Å². The molecule has 0 amide bonds. The molecule has 1 aromatic heterocycles. The second kappa shape index (κ2) is 10.2. The highest BCUT2D eigenvalue weighted by Gasteiger charge is 2.22. The van der Waals surface area contributed by atoms with Crippen LogP contribution >= 0.6 is 11.8 Å². The Labute approximate surface area is 260 Å². The van der Waals surface area contributed by atoms with E-state index in [1.807, 2.05) is 11.8 Å². The Hall–Kier alpha value is -5.31. The fourth-order valence-corrected chi connectivity index (χ4v) is 7.81. The van der Waals surface area contributed by atoms with Crippen molar-refractivity contribution in [2.75, 3.05) is 0 Å². The molecule has 2 heterocycles. The van der Waals surface area contributed by atoms with Crippen LogP contribution in [0.3, 0.4) is 0 Å². The van der Waals surface area contributed by atoms with E-state index in [2.05, 4.69) is 158 Å². The lowest BCUT2D eigenvalue weighted by atomic mass is 9.91. The van der Waals surface area contributed by atoms with E-state index in [0.29, 0.717) is 0 Å². The van der Waals surface area contributed by atoms with Crippen LogP contribution in [0.5, 0.6) is 0 Å². The minimum atomic E-state index is 0.862. The summed E-state index contributed by atoms with van der Waals surface area (Å²) in [5.74, 6) is 1.74. The van der Waals surface area contributed by atoms with Crippen molar-refractivity contribution in [3.63, 3.8) is 0 Å². The van der Waals surface area contributed by atoms with Crippen molar-refractivity contribution < 1.29 is 4.42 Å². The van der Waals surface area contributed by atoms with Crippen LogP contribution in [0, 0.1) is 0 Å². The quantitative estimate of drug-likeness (QED) is 0.206. The van der Waals surface area contributed by atoms with Crippen molar-refractivity contribution in [2.45, 2.75) is 9.79 Å². The third-order valence-electron chi connectivity index (χ3n) is 8.74. The summed E-state index contributed by atoms with van der Waals surface area (Å²) in [4.78, 5) is 2.60. The Morgan fingerprint density at radius 1 is 0.364 bits per heavy atom. The Balaban J connectivity index is 1.23. The molecule has 0 aliphatic carbocycles. The lowest BCUT2D eigenvalue weighted by Gasteiger charge is -2.21. The van der Waals surface area contributed by atoms with Gasteiger partial charge in [-0.2, -0.15) is 0 Å². The minimum Gasteiger partial charge on any atom is -0.456 e. The first-order valence-electron chi connectivity index (χ1n) is 14.9. The van der Waals surface area contributed by atoms with Crippen molar-refractivity contribution >= 4 is 33.3 Å². The lowest BCUT2D eigenvalue weighted by molar-refractivity contribution is 0.598. The second-order valence-electron chi connectivity index (χ2n) is 11.3. The number of benzene rings is 7. The topological polar surface area (TPSA) is 13.1 Å². The lowest BCUT2D eigenvalue weighted by Crippen LogP contribution is -1.93. The van der Waals surface area contributed by atoms with Gasteiger partial charge in [0.15, 0.2) is 0 Å². The molecule has 44 heavy (non-hydrogen) atoms. The van der Waals surface area contributed by atoms with E-state index in [1.54, 1.807) is 0 Å². The molecule has 1 aliphatic heterocycles. The standard InChI is InChI=1S/C42H26OS/c1-2-10-27(11-3-1)29-20-21-32(31-16-8-13-28-12-4-5-14-30(28)31)37(26-29)39-24-23-38(43-39)33-22-25-41-42-35(33)17-9-18-36(42)34-15-6-7-19-40(34)44-41/h1-26H. The molecule has 0 fully saturated rings. The van der Waals surface area contributed by atoms with Crippen LogP contribution in [0.4, 0.5) is 0 Å². The zero-order valence-electron chi connectivity index (χ0n) is 23.8. The largest absolute Gasteiger partial charge is 0.456 e. The summed E-state index contributed by atoms with van der Waals surface area (Å²) in [6.45, 7) is 0. The van der Waals surface area contributed by atoms with Crippen molar-refractivity contribution in [1.82, 2.24) is 0 Å². The van der Waals surface area contributed by atoms with Crippen LogP contribution in [0.1, 0.15) is 0 Å². The minimum absolute atomic E-state index is 0.862. The third kappa shape index (κ3) is 4.03. The maximum absolute atomic E-state index is 6.82. The van der Waals surface area contributed by atoms with Gasteiger partial charge in [-0.3, -0.25) is 0 Å². The van der Waals surface area contributed by atoms with E-state index >= 15 is 0 Å². The number of fused-ring (bicyclic) bond motifs is 3. The highest BCUT2D eigenvalue weighted by atomic mass is 32.2. The van der Waals surface area contributed by atoms with Gasteiger partial charge in [0.2, 0.25) is 0 Å². The molecule has 0 atom stereocenters. The molecular formula is C42H26OS. The number of furan rings is 1. The average molecular weight is 579 g/mol. The summed E-state index contributed by atoms with van der Waals surface area (Å²) < 4.78 is 6.82. The first-order chi connectivity index (χ1) is 21.8. The Morgan fingerprint density at radius 3 is 1.98 bits per heavy atom. The maximum atomic E-state index is 6.82. The molecule has 2 heteroatoms. The molecule has 7 aromatic carbocycles. The van der Waals surface area contributed by atoms with Crippen LogP contribution in [0.25, 0.3) is 77.6 Å². The first kappa shape index (κ1) is 25.2. The Bertz CT molecular complexity index is 2360. The highest BCUT2D eigenvalue weighted by molar-refractivity contribution is 7.99. The molecular weight excluding hydrogens is 553 g/mol. The third-order valence-corrected chi connectivity index (χ3v) is 9.88. The number of hydrogen-bond donors (Lipinski definition) is 0. The van der Waals surface area contributed by atoms with E-state index in [4.69, 9.17) is 4.42 Å². The molecule has 0 N–H and O–H groups in total. The molecule has 9 rings (SSSR count). The summed E-state index contributed by atoms with van der Waals surface area (Å²) in [5.41, 5.74) is 9.50. The molecule has 1 aliphatic rings. The molecule has 0 radical (unpaired) electrons. The van der Waals surface area contributed by atoms with E-state index in [0.717, 1.165) is 28.2 Å². The molecule has 0 saturated heterocycles. The SMILES string of the molecule is c1ccc(-c2ccc(-c3cccc4ccccc34)c(-c3ccc(-c4ccc5c6c(cccc46)-c4ccccc4S5)o3)c2)cc1. The predicted molar refractivity (Wildman–Crippen MR) is 185 cm³/mol. The molecule has 0 unspecified atom stereocenters. The Morgan fingerprint density at radius 2 is 1.05 bits per heavy atom.